The van der Waals surface area contributed by atoms with Gasteiger partial charge in [-0.25, -0.2) is 0 Å². The highest BCUT2D eigenvalue weighted by Gasteiger charge is 2.36. The van der Waals surface area contributed by atoms with Gasteiger partial charge in [0.05, 0.1) is 0 Å². The monoisotopic (exact) mass is 234 g/mol. The Balaban J connectivity index is 1.47. The highest BCUT2D eigenvalue weighted by molar-refractivity contribution is 5.10. The number of allylic oxidation sites excluding steroid dienone is 2. The number of fused-ring (bicyclic) bond motifs is 2. The summed E-state index contributed by atoms with van der Waals surface area (Å²) in [4.78, 5) is 5.31. The third kappa shape index (κ3) is 2.43. The van der Waals surface area contributed by atoms with Gasteiger partial charge in [0, 0.05) is 38.8 Å². The Kier molecular flexibility index (Phi) is 3.27. The standard InChI is InChI=1S/C15H26N2/c1-12(2)17-7-5-16(6-8-17)11-15-10-13-3-4-14(15)9-13/h3-4,12-15H,5-11H2,1-2H3/t13-,14-,15+/m1/s1. The van der Waals surface area contributed by atoms with Crippen LogP contribution < -0.4 is 0 Å². The highest BCUT2D eigenvalue weighted by atomic mass is 15.3. The Labute approximate surface area is 106 Å². The lowest BCUT2D eigenvalue weighted by Crippen LogP contribution is -2.50. The van der Waals surface area contributed by atoms with Gasteiger partial charge in [-0.2, -0.15) is 0 Å². The van der Waals surface area contributed by atoms with Gasteiger partial charge in [-0.15, -0.1) is 0 Å². The van der Waals surface area contributed by atoms with Gasteiger partial charge in [0.1, 0.15) is 0 Å². The van der Waals surface area contributed by atoms with Crippen molar-refractivity contribution < 1.29 is 0 Å². The van der Waals surface area contributed by atoms with Crippen LogP contribution in [0.2, 0.25) is 0 Å². The van der Waals surface area contributed by atoms with E-state index in [9.17, 15) is 0 Å². The Morgan fingerprint density at radius 1 is 1.06 bits per heavy atom. The molecule has 2 bridgehead atoms. The molecule has 0 unspecified atom stereocenters. The van der Waals surface area contributed by atoms with Crippen molar-refractivity contribution in [3.8, 4) is 0 Å². The van der Waals surface area contributed by atoms with Crippen LogP contribution in [0.3, 0.4) is 0 Å². The van der Waals surface area contributed by atoms with Crippen LogP contribution in [0.15, 0.2) is 12.2 Å². The van der Waals surface area contributed by atoms with Crippen LogP contribution in [-0.2, 0) is 0 Å². The van der Waals surface area contributed by atoms with Crippen LogP contribution in [-0.4, -0.2) is 48.6 Å². The van der Waals surface area contributed by atoms with E-state index in [1.54, 1.807) is 0 Å². The molecule has 0 aromatic rings. The van der Waals surface area contributed by atoms with Crippen molar-refractivity contribution in [2.75, 3.05) is 32.7 Å². The van der Waals surface area contributed by atoms with E-state index in [1.807, 2.05) is 0 Å². The smallest absolute Gasteiger partial charge is 0.0113 e. The summed E-state index contributed by atoms with van der Waals surface area (Å²) in [7, 11) is 0. The van der Waals surface area contributed by atoms with Gasteiger partial charge in [0.2, 0.25) is 0 Å². The SMILES string of the molecule is CC(C)N1CCN(C[C@@H]2C[C@@H]3C=C[C@@H]2C3)CC1. The Morgan fingerprint density at radius 2 is 1.82 bits per heavy atom. The van der Waals surface area contributed by atoms with E-state index >= 15 is 0 Å². The molecule has 3 aliphatic rings. The predicted octanol–water partition coefficient (Wildman–Crippen LogP) is 2.22. The zero-order chi connectivity index (χ0) is 11.8. The lowest BCUT2D eigenvalue weighted by Gasteiger charge is -2.38. The molecule has 0 radical (unpaired) electrons. The second kappa shape index (κ2) is 4.74. The van der Waals surface area contributed by atoms with Crippen LogP contribution in [0, 0.1) is 17.8 Å². The van der Waals surface area contributed by atoms with Crippen molar-refractivity contribution in [2.45, 2.75) is 32.7 Å². The molecule has 2 fully saturated rings. The molecule has 0 N–H and O–H groups in total. The maximum Gasteiger partial charge on any atom is 0.0113 e. The third-order valence-corrected chi connectivity index (χ3v) is 5.05. The lowest BCUT2D eigenvalue weighted by molar-refractivity contribution is 0.0932. The van der Waals surface area contributed by atoms with Gasteiger partial charge < -0.3 is 4.90 Å². The number of rotatable bonds is 3. The van der Waals surface area contributed by atoms with Crippen LogP contribution in [0.4, 0.5) is 0 Å². The summed E-state index contributed by atoms with van der Waals surface area (Å²) in [5, 5.41) is 0. The molecule has 3 atom stereocenters. The molecule has 0 aromatic carbocycles. The molecule has 2 aliphatic carbocycles. The zero-order valence-electron chi connectivity index (χ0n) is 11.3. The summed E-state index contributed by atoms with van der Waals surface area (Å²) in [6.07, 6.45) is 7.86. The second-order valence-electron chi connectivity index (χ2n) is 6.47. The van der Waals surface area contributed by atoms with Crippen molar-refractivity contribution >= 4 is 0 Å². The summed E-state index contributed by atoms with van der Waals surface area (Å²) in [6, 6.07) is 0.725. The summed E-state index contributed by atoms with van der Waals surface area (Å²) in [6.45, 7) is 11.1. The molecule has 1 heterocycles. The molecular formula is C15H26N2. The molecule has 1 saturated carbocycles. The van der Waals surface area contributed by atoms with Crippen molar-refractivity contribution in [1.29, 1.82) is 0 Å². The molecular weight excluding hydrogens is 208 g/mol. The van der Waals surface area contributed by atoms with E-state index in [4.69, 9.17) is 0 Å². The van der Waals surface area contributed by atoms with Gasteiger partial charge in [-0.1, -0.05) is 12.2 Å². The Bertz CT molecular complexity index is 289. The van der Waals surface area contributed by atoms with Crippen molar-refractivity contribution in [1.82, 2.24) is 9.80 Å². The molecule has 1 aliphatic heterocycles. The minimum atomic E-state index is 0.725. The van der Waals surface area contributed by atoms with Crippen molar-refractivity contribution in [2.24, 2.45) is 17.8 Å². The van der Waals surface area contributed by atoms with E-state index in [1.165, 1.54) is 45.6 Å². The first-order chi connectivity index (χ1) is 8.22. The Hall–Kier alpha value is -0.340. The largest absolute Gasteiger partial charge is 0.300 e. The van der Waals surface area contributed by atoms with E-state index in [0.717, 1.165) is 23.8 Å². The highest BCUT2D eigenvalue weighted by Crippen LogP contribution is 2.43. The van der Waals surface area contributed by atoms with Gasteiger partial charge in [0.15, 0.2) is 0 Å². The minimum Gasteiger partial charge on any atom is -0.300 e. The number of hydrogen-bond acceptors (Lipinski definition) is 2. The lowest BCUT2D eigenvalue weighted by atomic mass is 9.93. The molecule has 0 amide bonds. The fraction of sp³-hybridized carbons (Fsp3) is 0.867. The normalized spacial score (nSPS) is 38.4. The molecule has 96 valence electrons. The molecule has 0 aromatic heterocycles. The van der Waals surface area contributed by atoms with Crippen molar-refractivity contribution in [3.05, 3.63) is 12.2 Å². The first kappa shape index (κ1) is 11.7. The fourth-order valence-corrected chi connectivity index (χ4v) is 3.90. The summed E-state index contributed by atoms with van der Waals surface area (Å²) in [5.41, 5.74) is 0. The first-order valence-corrected chi connectivity index (χ1v) is 7.37. The summed E-state index contributed by atoms with van der Waals surface area (Å²) < 4.78 is 0. The van der Waals surface area contributed by atoms with E-state index < -0.39 is 0 Å². The second-order valence-corrected chi connectivity index (χ2v) is 6.47. The summed E-state index contributed by atoms with van der Waals surface area (Å²) in [5.74, 6) is 2.82. The molecule has 2 heteroatoms. The molecule has 2 nitrogen and oxygen atoms in total. The molecule has 1 saturated heterocycles. The van der Waals surface area contributed by atoms with Crippen LogP contribution >= 0.6 is 0 Å². The predicted molar refractivity (Wildman–Crippen MR) is 72.0 cm³/mol. The van der Waals surface area contributed by atoms with Crippen LogP contribution in [0.25, 0.3) is 0 Å². The van der Waals surface area contributed by atoms with Gasteiger partial charge in [0.25, 0.3) is 0 Å². The van der Waals surface area contributed by atoms with E-state index in [2.05, 4.69) is 35.8 Å². The van der Waals surface area contributed by atoms with E-state index in [0.29, 0.717) is 0 Å². The first-order valence-electron chi connectivity index (χ1n) is 7.37. The van der Waals surface area contributed by atoms with E-state index in [-0.39, 0.29) is 0 Å². The minimum absolute atomic E-state index is 0.725. The quantitative estimate of drug-likeness (QED) is 0.691. The topological polar surface area (TPSA) is 6.48 Å². The van der Waals surface area contributed by atoms with Crippen molar-refractivity contribution in [3.63, 3.8) is 0 Å². The molecule has 0 spiro atoms. The maximum absolute atomic E-state index is 2.71. The van der Waals surface area contributed by atoms with Gasteiger partial charge in [-0.3, -0.25) is 4.90 Å². The zero-order valence-corrected chi connectivity index (χ0v) is 11.3. The van der Waals surface area contributed by atoms with Crippen LogP contribution in [0.1, 0.15) is 26.7 Å². The average molecular weight is 234 g/mol. The number of hydrogen-bond donors (Lipinski definition) is 0. The van der Waals surface area contributed by atoms with Crippen LogP contribution in [0.5, 0.6) is 0 Å². The Morgan fingerprint density at radius 3 is 2.35 bits per heavy atom. The summed E-state index contributed by atoms with van der Waals surface area (Å²) >= 11 is 0. The van der Waals surface area contributed by atoms with Gasteiger partial charge in [-0.05, 0) is 44.4 Å². The maximum atomic E-state index is 2.71. The molecule has 3 rings (SSSR count). The average Bonchev–Trinajstić information content (AvgIpc) is 2.91. The molecule has 17 heavy (non-hydrogen) atoms. The van der Waals surface area contributed by atoms with Gasteiger partial charge >= 0.3 is 0 Å². The fourth-order valence-electron chi connectivity index (χ4n) is 3.90. The third-order valence-electron chi connectivity index (χ3n) is 5.05. The number of piperazine rings is 1. The number of nitrogens with zero attached hydrogens (tertiary/aromatic N) is 2.